The summed E-state index contributed by atoms with van der Waals surface area (Å²) in [5, 5.41) is 2.59. The zero-order chi connectivity index (χ0) is 28.2. The molecular weight excluding hydrogens is 613 g/mol. The number of hydrogen-bond donors (Lipinski definition) is 3. The highest BCUT2D eigenvalue weighted by Crippen LogP contribution is 2.57. The molecular formula is C19H23FN8O8P2S2. The number of aromatic nitrogens is 4. The van der Waals surface area contributed by atoms with E-state index in [1.807, 2.05) is 0 Å². The summed E-state index contributed by atoms with van der Waals surface area (Å²) in [6.07, 6.45) is -2.90. The predicted molar refractivity (Wildman–Crippen MR) is 143 cm³/mol. The average molecular weight is 637 g/mol. The summed E-state index contributed by atoms with van der Waals surface area (Å²) in [6, 6.07) is -0.911. The summed E-state index contributed by atoms with van der Waals surface area (Å²) in [5.41, 5.74) is 0.846. The quantitative estimate of drug-likeness (QED) is 0.294. The number of aliphatic imine (C=N–C) groups is 2. The van der Waals surface area contributed by atoms with Crippen LogP contribution in [-0.4, -0.2) is 97.4 Å². The molecule has 0 aliphatic carbocycles. The van der Waals surface area contributed by atoms with Gasteiger partial charge in [0.1, 0.15) is 42.3 Å². The topological polar surface area (TPSA) is 184 Å². The number of amidine groups is 1. The van der Waals surface area contributed by atoms with Crippen LogP contribution in [0.25, 0.3) is 11.2 Å². The number of carbonyl (C=O) groups is 1. The fourth-order valence-electron chi connectivity index (χ4n) is 4.72. The number of nitrogens with zero attached hydrogens (tertiary/aromatic N) is 7. The second kappa shape index (κ2) is 10.7. The maximum absolute atomic E-state index is 15.8. The van der Waals surface area contributed by atoms with E-state index in [0.29, 0.717) is 17.0 Å². The molecule has 6 heterocycles. The van der Waals surface area contributed by atoms with Crippen molar-refractivity contribution in [2.24, 2.45) is 9.98 Å². The number of fused-ring (bicyclic) bond motifs is 6. The predicted octanol–water partition coefficient (Wildman–Crippen LogP) is 0.679. The van der Waals surface area contributed by atoms with E-state index in [-0.39, 0.29) is 25.6 Å². The van der Waals surface area contributed by atoms with Crippen LogP contribution in [0.1, 0.15) is 12.7 Å². The first kappa shape index (κ1) is 28.2. The molecule has 0 radical (unpaired) electrons. The average Bonchev–Trinajstić information content (AvgIpc) is 3.55. The van der Waals surface area contributed by atoms with E-state index in [9.17, 15) is 14.3 Å². The van der Waals surface area contributed by atoms with Gasteiger partial charge in [-0.1, -0.05) is 12.2 Å². The van der Waals surface area contributed by atoms with Crippen LogP contribution in [0.5, 0.6) is 0 Å². The zero-order valence-electron chi connectivity index (χ0n) is 20.6. The van der Waals surface area contributed by atoms with Crippen molar-refractivity contribution in [2.75, 3.05) is 13.2 Å². The van der Waals surface area contributed by atoms with Gasteiger partial charge in [-0.2, -0.15) is 0 Å². The Morgan fingerprint density at radius 3 is 2.98 bits per heavy atom. The molecule has 2 N–H and O–H groups in total. The first-order valence-electron chi connectivity index (χ1n) is 11.9. The number of thiol groups is 1. The maximum atomic E-state index is 15.8. The molecule has 4 aliphatic rings. The number of rotatable bonds is 1. The van der Waals surface area contributed by atoms with Gasteiger partial charge in [-0.05, 0) is 18.7 Å². The molecule has 0 spiro atoms. The number of halogens is 1. The third kappa shape index (κ3) is 5.47. The van der Waals surface area contributed by atoms with E-state index in [0.717, 1.165) is 0 Å². The largest absolute Gasteiger partial charge is 0.387 e. The van der Waals surface area contributed by atoms with Gasteiger partial charge in [-0.3, -0.25) is 18.8 Å². The Hall–Kier alpha value is -1.92. The van der Waals surface area contributed by atoms with Crippen LogP contribution >= 0.6 is 25.8 Å². The van der Waals surface area contributed by atoms with Crippen LogP contribution in [0.2, 0.25) is 0 Å². The molecule has 6 rings (SSSR count). The highest BCUT2D eigenvalue weighted by molar-refractivity contribution is 8.44. The number of ether oxygens (including phenoxy) is 1. The molecule has 216 valence electrons. The van der Waals surface area contributed by atoms with E-state index in [1.165, 1.54) is 23.8 Å². The van der Waals surface area contributed by atoms with Gasteiger partial charge >= 0.3 is 13.5 Å². The van der Waals surface area contributed by atoms with E-state index in [4.69, 9.17) is 34.6 Å². The van der Waals surface area contributed by atoms with Crippen LogP contribution in [0.15, 0.2) is 22.5 Å². The van der Waals surface area contributed by atoms with Gasteiger partial charge in [0.2, 0.25) is 0 Å². The second-order valence-electron chi connectivity index (χ2n) is 9.10. The SMILES string of the molecule is CC1=NC2C(N=CN2C2O[C@@H]3COP(O)(=S)OCCn4c(nc5cncnc54)COP(=O)(S)O[C@@H]2[C@@H]3F)C(=O)N1. The van der Waals surface area contributed by atoms with Crippen molar-refractivity contribution in [3.8, 4) is 0 Å². The molecule has 2 aromatic rings. The van der Waals surface area contributed by atoms with Gasteiger partial charge in [0, 0.05) is 6.54 Å². The summed E-state index contributed by atoms with van der Waals surface area (Å²) in [6.45, 7) is -7.37. The third-order valence-corrected chi connectivity index (χ3v) is 9.69. The minimum absolute atomic E-state index is 0.117. The number of imidazole rings is 1. The molecule has 5 unspecified atom stereocenters. The van der Waals surface area contributed by atoms with Crippen LogP contribution in [0.3, 0.4) is 0 Å². The summed E-state index contributed by atoms with van der Waals surface area (Å²) in [7, 11) is 0. The Kier molecular flexibility index (Phi) is 7.57. The van der Waals surface area contributed by atoms with Gasteiger partial charge < -0.3 is 33.5 Å². The third-order valence-electron chi connectivity index (χ3n) is 6.48. The van der Waals surface area contributed by atoms with E-state index in [1.54, 1.807) is 11.5 Å². The zero-order valence-corrected chi connectivity index (χ0v) is 24.1. The summed E-state index contributed by atoms with van der Waals surface area (Å²) >= 11 is 9.18. The van der Waals surface area contributed by atoms with Crippen molar-refractivity contribution in [2.45, 2.75) is 56.9 Å². The Morgan fingerprint density at radius 1 is 1.32 bits per heavy atom. The lowest BCUT2D eigenvalue weighted by Gasteiger charge is -2.34. The molecule has 4 aliphatic heterocycles. The molecule has 1 fully saturated rings. The number of amides is 1. The molecule has 16 nitrogen and oxygen atoms in total. The molecule has 1 amide bonds. The van der Waals surface area contributed by atoms with Crippen molar-refractivity contribution in [1.29, 1.82) is 0 Å². The van der Waals surface area contributed by atoms with Gasteiger partial charge in [0.15, 0.2) is 30.3 Å². The Labute approximate surface area is 236 Å². The smallest absolute Gasteiger partial charge is 0.347 e. The van der Waals surface area contributed by atoms with Gasteiger partial charge in [-0.15, -0.1) is 0 Å². The first-order valence-corrected chi connectivity index (χ1v) is 17.2. The summed E-state index contributed by atoms with van der Waals surface area (Å²) in [5.74, 6) is 0.199. The monoisotopic (exact) mass is 636 g/mol. The van der Waals surface area contributed by atoms with Crippen molar-refractivity contribution < 1.29 is 41.5 Å². The molecule has 21 heteroatoms. The number of nitrogens with one attached hydrogen (secondary N) is 1. The first-order chi connectivity index (χ1) is 19.0. The lowest BCUT2D eigenvalue weighted by Crippen LogP contribution is -2.55. The normalized spacial score (nSPS) is 38.8. The molecule has 40 heavy (non-hydrogen) atoms. The highest BCUT2D eigenvalue weighted by atomic mass is 32.7. The highest BCUT2D eigenvalue weighted by Gasteiger charge is 2.55. The summed E-state index contributed by atoms with van der Waals surface area (Å²) in [4.78, 5) is 45.5. The number of carbonyl (C=O) groups excluding carboxylic acids is 1. The summed E-state index contributed by atoms with van der Waals surface area (Å²) < 4.78 is 58.7. The van der Waals surface area contributed by atoms with Crippen LogP contribution in [-0.2, 0) is 57.1 Å². The van der Waals surface area contributed by atoms with Crippen molar-refractivity contribution in [3.05, 3.63) is 18.3 Å². The minimum atomic E-state index is -4.26. The van der Waals surface area contributed by atoms with Crippen LogP contribution in [0.4, 0.5) is 4.39 Å². The van der Waals surface area contributed by atoms with E-state index in [2.05, 4.69) is 42.5 Å². The van der Waals surface area contributed by atoms with Crippen LogP contribution in [0, 0.1) is 0 Å². The molecule has 8 atom stereocenters. The standard InChI is InChI=1S/C19H23FN8O8P2S2/c1-9-24-17-14(18(29)25-9)23-8-28(17)19-15-13(20)11(35-19)5-33-37(30,39)32-3-2-27-12(6-34-38(31,40)36-15)26-10-4-21-7-22-16(10)27/h4,7-8,11,13-15,17,19H,2-3,5-6H2,1H3,(H,30,39)(H,31,40)(H,24,25,29)/t11-,13-,14?,15-,17?,19?,37?,38?/m1/s1. The molecule has 1 saturated heterocycles. The minimum Gasteiger partial charge on any atom is -0.347 e. The van der Waals surface area contributed by atoms with Crippen molar-refractivity contribution in [3.63, 3.8) is 0 Å². The van der Waals surface area contributed by atoms with E-state index >= 15 is 4.39 Å². The Balaban J connectivity index is 1.32. The van der Waals surface area contributed by atoms with E-state index < -0.39 is 62.8 Å². The maximum Gasteiger partial charge on any atom is 0.387 e. The Morgan fingerprint density at radius 2 is 2.15 bits per heavy atom. The lowest BCUT2D eigenvalue weighted by atomic mass is 10.1. The van der Waals surface area contributed by atoms with Crippen molar-refractivity contribution >= 4 is 66.8 Å². The van der Waals surface area contributed by atoms with Gasteiger partial charge in [0.05, 0.1) is 25.7 Å². The van der Waals surface area contributed by atoms with Gasteiger partial charge in [-0.25, -0.2) is 28.9 Å². The second-order valence-corrected chi connectivity index (χ2v) is 14.8. The number of alkyl halides is 1. The molecule has 0 aromatic carbocycles. The fourth-order valence-corrected chi connectivity index (χ4v) is 7.22. The number of hydrogen-bond acceptors (Lipinski definition) is 14. The lowest BCUT2D eigenvalue weighted by molar-refractivity contribution is -0.124. The van der Waals surface area contributed by atoms with Crippen LogP contribution < -0.4 is 5.32 Å². The fraction of sp³-hybridized carbons (Fsp3) is 0.579. The molecule has 2 aromatic heterocycles. The molecule has 2 bridgehead atoms. The van der Waals surface area contributed by atoms with Gasteiger partial charge in [0.25, 0.3) is 5.91 Å². The van der Waals surface area contributed by atoms with Crippen molar-refractivity contribution in [1.82, 2.24) is 29.7 Å². The Bertz CT molecular complexity index is 1500. The molecule has 0 saturated carbocycles.